The Labute approximate surface area is 212 Å². The van der Waals surface area contributed by atoms with E-state index in [0.717, 1.165) is 12.0 Å². The number of hydrogen-bond donors (Lipinski definition) is 1. The molecular weight excluding hydrogens is 460 g/mol. The zero-order chi connectivity index (χ0) is 25.7. The van der Waals surface area contributed by atoms with E-state index in [0.29, 0.717) is 45.3 Å². The van der Waals surface area contributed by atoms with Crippen LogP contribution in [-0.2, 0) is 30.4 Å². The molecule has 5 atom stereocenters. The van der Waals surface area contributed by atoms with Crippen molar-refractivity contribution in [3.63, 3.8) is 0 Å². The van der Waals surface area contributed by atoms with Gasteiger partial charge >= 0.3 is 5.97 Å². The molecule has 2 bridgehead atoms. The van der Waals surface area contributed by atoms with E-state index in [4.69, 9.17) is 9.47 Å². The van der Waals surface area contributed by atoms with Crippen molar-refractivity contribution in [3.05, 3.63) is 61.2 Å². The highest BCUT2D eigenvalue weighted by Crippen LogP contribution is 2.58. The molecule has 3 saturated heterocycles. The van der Waals surface area contributed by atoms with Gasteiger partial charge in [0.1, 0.15) is 18.2 Å². The number of nitrogens with zero attached hydrogens (tertiary/aromatic N) is 2. The third-order valence-corrected chi connectivity index (χ3v) is 7.58. The summed E-state index contributed by atoms with van der Waals surface area (Å²) in [5.41, 5.74) is -0.0767. The van der Waals surface area contributed by atoms with E-state index in [1.54, 1.807) is 15.9 Å². The van der Waals surface area contributed by atoms with E-state index in [1.165, 1.54) is 6.08 Å². The Kier molecular flexibility index (Phi) is 8.26. The second kappa shape index (κ2) is 11.4. The van der Waals surface area contributed by atoms with Crippen molar-refractivity contribution in [1.29, 1.82) is 0 Å². The van der Waals surface area contributed by atoms with E-state index in [9.17, 15) is 19.5 Å². The second-order valence-corrected chi connectivity index (χ2v) is 9.78. The van der Waals surface area contributed by atoms with Crippen LogP contribution in [0.5, 0.6) is 0 Å². The van der Waals surface area contributed by atoms with Crippen LogP contribution in [0.1, 0.15) is 37.7 Å². The summed E-state index contributed by atoms with van der Waals surface area (Å²) in [7, 11) is 0. The van der Waals surface area contributed by atoms with Crippen LogP contribution in [0, 0.1) is 11.8 Å². The molecule has 3 aliphatic rings. The summed E-state index contributed by atoms with van der Waals surface area (Å²) in [4.78, 5) is 44.4. The quantitative estimate of drug-likeness (QED) is 0.256. The van der Waals surface area contributed by atoms with Crippen LogP contribution in [0.2, 0.25) is 0 Å². The molecule has 1 N–H and O–H groups in total. The van der Waals surface area contributed by atoms with Crippen LogP contribution >= 0.6 is 0 Å². The zero-order valence-electron chi connectivity index (χ0n) is 20.7. The number of ether oxygens (including phenoxy) is 2. The van der Waals surface area contributed by atoms with Gasteiger partial charge in [-0.05, 0) is 37.7 Å². The molecule has 8 heteroatoms. The first-order chi connectivity index (χ1) is 17.5. The van der Waals surface area contributed by atoms with Gasteiger partial charge in [0.15, 0.2) is 0 Å². The molecule has 2 amide bonds. The molecule has 1 aromatic rings. The normalized spacial score (nSPS) is 28.1. The molecule has 3 heterocycles. The van der Waals surface area contributed by atoms with Crippen molar-refractivity contribution < 1.29 is 29.0 Å². The van der Waals surface area contributed by atoms with E-state index in [1.807, 2.05) is 30.3 Å². The topological polar surface area (TPSA) is 96.4 Å². The summed E-state index contributed by atoms with van der Waals surface area (Å²) in [6, 6.07) is 8.87. The Hall–Kier alpha value is -2.97. The first-order valence-corrected chi connectivity index (χ1v) is 12.8. The summed E-state index contributed by atoms with van der Waals surface area (Å²) in [5, 5.41) is 9.18. The molecular formula is C28H36N2O6. The molecule has 3 fully saturated rings. The third-order valence-electron chi connectivity index (χ3n) is 7.58. The van der Waals surface area contributed by atoms with Gasteiger partial charge in [0.2, 0.25) is 11.8 Å². The molecule has 194 valence electrons. The number of fused-ring (bicyclic) bond motifs is 1. The molecule has 0 radical (unpaired) electrons. The molecule has 1 spiro atoms. The maximum atomic E-state index is 14.2. The Morgan fingerprint density at radius 2 is 1.97 bits per heavy atom. The Bertz CT molecular complexity index is 982. The first kappa shape index (κ1) is 26.1. The minimum absolute atomic E-state index is 0.0629. The highest BCUT2D eigenvalue weighted by molar-refractivity contribution is 5.98. The highest BCUT2D eigenvalue weighted by Gasteiger charge is 2.74. The standard InChI is InChI=1S/C28H36N2O6/c1-3-15-29(19-20-11-7-5-8-12-20)26(33)24-28-14-13-21(36-28)22(27(34)35-18-4-2)23(28)25(32)30(24)16-9-6-10-17-31/h3-5,7-8,11-12,21-24,31H,1-2,6,9-10,13-19H2/t21-,22+,23-,24?,28?/m0/s1. The molecule has 4 rings (SSSR count). The minimum Gasteiger partial charge on any atom is -0.461 e. The number of hydrogen-bond acceptors (Lipinski definition) is 6. The van der Waals surface area contributed by atoms with E-state index < -0.39 is 35.6 Å². The van der Waals surface area contributed by atoms with Crippen LogP contribution in [0.3, 0.4) is 0 Å². The summed E-state index contributed by atoms with van der Waals surface area (Å²) in [5.74, 6) is -2.37. The number of rotatable bonds is 13. The van der Waals surface area contributed by atoms with Crippen molar-refractivity contribution >= 4 is 17.8 Å². The molecule has 1 aromatic carbocycles. The predicted molar refractivity (Wildman–Crippen MR) is 133 cm³/mol. The smallest absolute Gasteiger partial charge is 0.312 e. The molecule has 2 unspecified atom stereocenters. The lowest BCUT2D eigenvalue weighted by Crippen LogP contribution is -2.56. The van der Waals surface area contributed by atoms with E-state index >= 15 is 0 Å². The number of benzene rings is 1. The lowest BCUT2D eigenvalue weighted by molar-refractivity contribution is -0.154. The largest absolute Gasteiger partial charge is 0.461 e. The number of carbonyl (C=O) groups is 3. The van der Waals surface area contributed by atoms with Crippen molar-refractivity contribution in [2.75, 3.05) is 26.3 Å². The number of carbonyl (C=O) groups excluding carboxylic acids is 3. The summed E-state index contributed by atoms with van der Waals surface area (Å²) in [6.07, 6.45) is 5.87. The van der Waals surface area contributed by atoms with Crippen molar-refractivity contribution in [3.8, 4) is 0 Å². The van der Waals surface area contributed by atoms with Gasteiger partial charge in [0.05, 0.1) is 17.9 Å². The number of aliphatic hydroxyl groups excluding tert-OH is 1. The van der Waals surface area contributed by atoms with Crippen LogP contribution in [0.4, 0.5) is 0 Å². The maximum absolute atomic E-state index is 14.2. The number of esters is 1. The monoisotopic (exact) mass is 496 g/mol. The third kappa shape index (κ3) is 4.72. The fourth-order valence-corrected chi connectivity index (χ4v) is 6.11. The molecule has 8 nitrogen and oxygen atoms in total. The van der Waals surface area contributed by atoms with Gasteiger partial charge in [-0.15, -0.1) is 6.58 Å². The van der Waals surface area contributed by atoms with Gasteiger partial charge in [0, 0.05) is 26.2 Å². The Morgan fingerprint density at radius 1 is 1.19 bits per heavy atom. The van der Waals surface area contributed by atoms with Crippen molar-refractivity contribution in [1.82, 2.24) is 9.80 Å². The molecule has 36 heavy (non-hydrogen) atoms. The molecule has 3 aliphatic heterocycles. The second-order valence-electron chi connectivity index (χ2n) is 9.78. The van der Waals surface area contributed by atoms with E-state index in [-0.39, 0.29) is 25.0 Å². The fourth-order valence-electron chi connectivity index (χ4n) is 6.11. The van der Waals surface area contributed by atoms with Gasteiger partial charge in [0.25, 0.3) is 0 Å². The Morgan fingerprint density at radius 3 is 2.67 bits per heavy atom. The van der Waals surface area contributed by atoms with Gasteiger partial charge in [-0.3, -0.25) is 14.4 Å². The highest BCUT2D eigenvalue weighted by atomic mass is 16.6. The van der Waals surface area contributed by atoms with Crippen LogP contribution in [0.15, 0.2) is 55.6 Å². The van der Waals surface area contributed by atoms with Crippen molar-refractivity contribution in [2.24, 2.45) is 11.8 Å². The van der Waals surface area contributed by atoms with Crippen molar-refractivity contribution in [2.45, 2.75) is 56.4 Å². The van der Waals surface area contributed by atoms with Gasteiger partial charge < -0.3 is 24.4 Å². The minimum atomic E-state index is -1.05. The molecule has 0 aliphatic carbocycles. The summed E-state index contributed by atoms with van der Waals surface area (Å²) >= 11 is 0. The molecule has 0 aromatic heterocycles. The van der Waals surface area contributed by atoms with Crippen LogP contribution < -0.4 is 0 Å². The summed E-state index contributed by atoms with van der Waals surface area (Å²) < 4.78 is 11.8. The predicted octanol–water partition coefficient (Wildman–Crippen LogP) is 2.47. The average molecular weight is 497 g/mol. The zero-order valence-corrected chi connectivity index (χ0v) is 20.7. The van der Waals surface area contributed by atoms with Gasteiger partial charge in [-0.2, -0.15) is 0 Å². The number of likely N-dealkylation sites (tertiary alicyclic amines) is 1. The summed E-state index contributed by atoms with van der Waals surface area (Å²) in [6.45, 7) is 8.64. The number of amides is 2. The number of aliphatic hydroxyl groups is 1. The molecule has 0 saturated carbocycles. The number of unbranched alkanes of at least 4 members (excludes halogenated alkanes) is 2. The van der Waals surface area contributed by atoms with Gasteiger partial charge in [-0.1, -0.05) is 49.1 Å². The van der Waals surface area contributed by atoms with E-state index in [2.05, 4.69) is 13.2 Å². The SMILES string of the molecule is C=CCOC(=O)[C@@H]1[C@@H]2CCC3(O2)C(C(=O)N(CC=C)Cc2ccccc2)N(CCCCCO)C(=O)[C@H]13. The Balaban J connectivity index is 1.66. The van der Waals surface area contributed by atoms with Gasteiger partial charge in [-0.25, -0.2) is 0 Å². The first-order valence-electron chi connectivity index (χ1n) is 12.8. The van der Waals surface area contributed by atoms with Crippen LogP contribution in [-0.4, -0.2) is 76.7 Å². The lowest BCUT2D eigenvalue weighted by Gasteiger charge is -2.36. The maximum Gasteiger partial charge on any atom is 0.312 e. The fraction of sp³-hybridized carbons (Fsp3) is 0.536. The lowest BCUT2D eigenvalue weighted by atomic mass is 9.70. The van der Waals surface area contributed by atoms with Crippen LogP contribution in [0.25, 0.3) is 0 Å². The average Bonchev–Trinajstić information content (AvgIpc) is 3.52.